The van der Waals surface area contributed by atoms with E-state index in [1.54, 1.807) is 11.3 Å². The third-order valence-corrected chi connectivity index (χ3v) is 5.35. The maximum atomic E-state index is 10.00. The van der Waals surface area contributed by atoms with E-state index in [1.165, 1.54) is 10.4 Å². The van der Waals surface area contributed by atoms with Crippen LogP contribution in [0.1, 0.15) is 35.1 Å². The predicted octanol–water partition coefficient (Wildman–Crippen LogP) is 3.91. The Labute approximate surface area is 131 Å². The molecular weight excluding hydrogens is 336 g/mol. The van der Waals surface area contributed by atoms with Crippen molar-refractivity contribution >= 4 is 32.4 Å². The Balaban J connectivity index is 1.77. The van der Waals surface area contributed by atoms with Crippen LogP contribution in [0.15, 0.2) is 28.7 Å². The van der Waals surface area contributed by atoms with Gasteiger partial charge in [-0.3, -0.25) is 0 Å². The van der Waals surface area contributed by atoms with Crippen LogP contribution in [0.25, 0.3) is 0 Å². The van der Waals surface area contributed by atoms with E-state index in [9.17, 15) is 5.11 Å². The molecule has 0 spiro atoms. The minimum atomic E-state index is -0.371. The van der Waals surface area contributed by atoms with Crippen LogP contribution in [-0.2, 0) is 13.0 Å². The van der Waals surface area contributed by atoms with Crippen molar-refractivity contribution in [3.63, 3.8) is 0 Å². The molecule has 1 aliphatic rings. The molecule has 0 radical (unpaired) electrons. The summed E-state index contributed by atoms with van der Waals surface area (Å²) in [6, 6.07) is 8.34. The maximum absolute atomic E-state index is 10.00. The monoisotopic (exact) mass is 352 g/mol. The van der Waals surface area contributed by atoms with Crippen molar-refractivity contribution < 1.29 is 5.11 Å². The molecule has 1 aliphatic carbocycles. The van der Waals surface area contributed by atoms with Crippen molar-refractivity contribution in [2.24, 2.45) is 0 Å². The second-order valence-corrected chi connectivity index (χ2v) is 7.17. The van der Waals surface area contributed by atoms with Gasteiger partial charge in [0.2, 0.25) is 0 Å². The lowest BCUT2D eigenvalue weighted by Crippen LogP contribution is -2.16. The zero-order chi connectivity index (χ0) is 14.1. The molecule has 0 saturated heterocycles. The Morgan fingerprint density at radius 1 is 1.40 bits per heavy atom. The number of thiazole rings is 1. The molecule has 0 saturated carbocycles. The molecule has 2 aromatic rings. The van der Waals surface area contributed by atoms with E-state index < -0.39 is 0 Å². The summed E-state index contributed by atoms with van der Waals surface area (Å²) in [5.74, 6) is 0. The molecule has 5 heteroatoms. The minimum Gasteiger partial charge on any atom is -0.387 e. The van der Waals surface area contributed by atoms with E-state index in [0.29, 0.717) is 0 Å². The summed E-state index contributed by atoms with van der Waals surface area (Å²) in [5, 5.41) is 11.0. The fourth-order valence-electron chi connectivity index (χ4n) is 2.48. The van der Waals surface area contributed by atoms with E-state index >= 15 is 0 Å². The molecular formula is C15H17BrN2OS. The molecule has 0 fully saturated rings. The number of rotatable bonds is 3. The van der Waals surface area contributed by atoms with Gasteiger partial charge in [-0.2, -0.15) is 0 Å². The zero-order valence-electron chi connectivity index (χ0n) is 11.3. The second-order valence-electron chi connectivity index (χ2n) is 5.20. The lowest BCUT2D eigenvalue weighted by molar-refractivity contribution is 0.153. The van der Waals surface area contributed by atoms with Crippen molar-refractivity contribution in [3.05, 3.63) is 44.9 Å². The zero-order valence-corrected chi connectivity index (χ0v) is 13.7. The van der Waals surface area contributed by atoms with E-state index in [1.807, 2.05) is 0 Å². The number of halogens is 1. The highest BCUT2D eigenvalue weighted by atomic mass is 79.9. The molecule has 0 amide bonds. The number of nitrogens with zero attached hydrogens (tertiary/aromatic N) is 2. The molecule has 1 aromatic heterocycles. The highest BCUT2D eigenvalue weighted by Crippen LogP contribution is 2.36. The summed E-state index contributed by atoms with van der Waals surface area (Å²) >= 11 is 5.17. The molecule has 3 rings (SSSR count). The first kappa shape index (κ1) is 14.0. The Kier molecular flexibility index (Phi) is 4.10. The van der Waals surface area contributed by atoms with Gasteiger partial charge in [-0.15, -0.1) is 11.3 Å². The number of aliphatic hydroxyl groups is 1. The number of anilines is 1. The van der Waals surface area contributed by atoms with Crippen LogP contribution in [0.4, 0.5) is 5.13 Å². The van der Waals surface area contributed by atoms with Crippen LogP contribution >= 0.6 is 27.3 Å². The lowest BCUT2D eigenvalue weighted by atomic mass is 10.0. The molecule has 106 valence electrons. The van der Waals surface area contributed by atoms with Crippen LogP contribution in [0.3, 0.4) is 0 Å². The first-order valence-electron chi connectivity index (χ1n) is 6.77. The highest BCUT2D eigenvalue weighted by Gasteiger charge is 2.23. The fourth-order valence-corrected chi connectivity index (χ4v) is 3.86. The standard InChI is InChI=1S/C15H17BrN2OS/c1-18(9-10-5-7-11(16)8-6-10)15-17-14-12(19)3-2-4-13(14)20-15/h5-8,12,19H,2-4,9H2,1H3. The van der Waals surface area contributed by atoms with Gasteiger partial charge in [-0.1, -0.05) is 28.1 Å². The number of hydrogen-bond donors (Lipinski definition) is 1. The fraction of sp³-hybridized carbons (Fsp3) is 0.400. The van der Waals surface area contributed by atoms with Gasteiger partial charge in [-0.25, -0.2) is 4.98 Å². The summed E-state index contributed by atoms with van der Waals surface area (Å²) in [7, 11) is 2.05. The van der Waals surface area contributed by atoms with Crippen LogP contribution in [-0.4, -0.2) is 17.1 Å². The molecule has 1 N–H and O–H groups in total. The Morgan fingerprint density at radius 2 is 2.15 bits per heavy atom. The van der Waals surface area contributed by atoms with Crippen molar-refractivity contribution in [1.29, 1.82) is 0 Å². The van der Waals surface area contributed by atoms with Crippen LogP contribution < -0.4 is 4.90 Å². The SMILES string of the molecule is CN(Cc1ccc(Br)cc1)c1nc2c(s1)CCCC2O. The van der Waals surface area contributed by atoms with E-state index in [0.717, 1.165) is 41.1 Å². The van der Waals surface area contributed by atoms with Crippen molar-refractivity contribution in [2.45, 2.75) is 31.9 Å². The molecule has 3 nitrogen and oxygen atoms in total. The van der Waals surface area contributed by atoms with Gasteiger partial charge in [0.1, 0.15) is 0 Å². The third kappa shape index (κ3) is 2.90. The van der Waals surface area contributed by atoms with Crippen molar-refractivity contribution in [1.82, 2.24) is 4.98 Å². The van der Waals surface area contributed by atoms with E-state index in [-0.39, 0.29) is 6.10 Å². The van der Waals surface area contributed by atoms with Gasteiger partial charge >= 0.3 is 0 Å². The van der Waals surface area contributed by atoms with Crippen molar-refractivity contribution in [2.75, 3.05) is 11.9 Å². The number of fused-ring (bicyclic) bond motifs is 1. The lowest BCUT2D eigenvalue weighted by Gasteiger charge is -2.16. The first-order valence-corrected chi connectivity index (χ1v) is 8.37. The largest absolute Gasteiger partial charge is 0.387 e. The summed E-state index contributed by atoms with van der Waals surface area (Å²) in [6.45, 7) is 0.829. The third-order valence-electron chi connectivity index (χ3n) is 3.57. The second kappa shape index (κ2) is 5.84. The van der Waals surface area contributed by atoms with Crippen LogP contribution in [0.5, 0.6) is 0 Å². The normalized spacial score (nSPS) is 17.9. The Morgan fingerprint density at radius 3 is 2.85 bits per heavy atom. The Hall–Kier alpha value is -0.910. The average Bonchev–Trinajstić information content (AvgIpc) is 2.87. The molecule has 0 bridgehead atoms. The van der Waals surface area contributed by atoms with Gasteiger partial charge in [0.05, 0.1) is 11.8 Å². The number of aromatic nitrogens is 1. The van der Waals surface area contributed by atoms with Gasteiger partial charge in [0.25, 0.3) is 0 Å². The summed E-state index contributed by atoms with van der Waals surface area (Å²) < 4.78 is 1.09. The molecule has 1 atom stereocenters. The van der Waals surface area contributed by atoms with Gasteiger partial charge in [0.15, 0.2) is 5.13 Å². The van der Waals surface area contributed by atoms with Gasteiger partial charge in [0, 0.05) is 22.9 Å². The minimum absolute atomic E-state index is 0.371. The number of aliphatic hydroxyl groups excluding tert-OH is 1. The van der Waals surface area contributed by atoms with Crippen molar-refractivity contribution in [3.8, 4) is 0 Å². The van der Waals surface area contributed by atoms with Crippen LogP contribution in [0.2, 0.25) is 0 Å². The summed E-state index contributed by atoms with van der Waals surface area (Å²) in [4.78, 5) is 8.03. The number of hydrogen-bond acceptors (Lipinski definition) is 4. The molecule has 0 aliphatic heterocycles. The van der Waals surface area contributed by atoms with Gasteiger partial charge in [-0.05, 0) is 37.0 Å². The predicted molar refractivity (Wildman–Crippen MR) is 86.3 cm³/mol. The smallest absolute Gasteiger partial charge is 0.185 e. The first-order chi connectivity index (χ1) is 9.63. The van der Waals surface area contributed by atoms with E-state index in [4.69, 9.17) is 0 Å². The van der Waals surface area contributed by atoms with Gasteiger partial charge < -0.3 is 10.0 Å². The number of benzene rings is 1. The average molecular weight is 353 g/mol. The van der Waals surface area contributed by atoms with E-state index in [2.05, 4.69) is 57.1 Å². The topological polar surface area (TPSA) is 36.4 Å². The summed E-state index contributed by atoms with van der Waals surface area (Å²) in [5.41, 5.74) is 2.16. The van der Waals surface area contributed by atoms with Crippen LogP contribution in [0, 0.1) is 0 Å². The quantitative estimate of drug-likeness (QED) is 0.909. The molecule has 1 unspecified atom stereocenters. The Bertz CT molecular complexity index is 596. The maximum Gasteiger partial charge on any atom is 0.185 e. The highest BCUT2D eigenvalue weighted by molar-refractivity contribution is 9.10. The number of aryl methyl sites for hydroxylation is 1. The molecule has 1 aromatic carbocycles. The summed E-state index contributed by atoms with van der Waals surface area (Å²) in [6.07, 6.45) is 2.58. The molecule has 20 heavy (non-hydrogen) atoms. The molecule has 1 heterocycles.